The van der Waals surface area contributed by atoms with Gasteiger partial charge in [0.25, 0.3) is 0 Å². The molecule has 0 N–H and O–H groups in total. The molecule has 0 aliphatic rings. The lowest BCUT2D eigenvalue weighted by Gasteiger charge is -1.99. The number of fused-ring (bicyclic) bond motifs is 1. The van der Waals surface area contributed by atoms with E-state index in [1.165, 1.54) is 15.4 Å². The first kappa shape index (κ1) is 7.02. The summed E-state index contributed by atoms with van der Waals surface area (Å²) in [5.74, 6) is 0. The van der Waals surface area contributed by atoms with Crippen LogP contribution in [-0.2, 0) is 7.05 Å². The van der Waals surface area contributed by atoms with Gasteiger partial charge in [0, 0.05) is 18.8 Å². The minimum Gasteiger partial charge on any atom is -0.302 e. The summed E-state index contributed by atoms with van der Waals surface area (Å²) in [6, 6.07) is 0. The van der Waals surface area contributed by atoms with Gasteiger partial charge in [0.2, 0.25) is 0 Å². The van der Waals surface area contributed by atoms with Gasteiger partial charge in [0.15, 0.2) is 5.65 Å². The number of hydrogen-bond donors (Lipinski definition) is 0. The molecule has 0 saturated heterocycles. The molecule has 62 valence electrons. The minimum absolute atomic E-state index is 0.173. The van der Waals surface area contributed by atoms with E-state index in [1.807, 2.05) is 6.92 Å². The predicted octanol–water partition coefficient (Wildman–Crippen LogP) is -0.264. The number of aryl methyl sites for hydroxylation is 2. The van der Waals surface area contributed by atoms with Gasteiger partial charge in [-0.15, -0.1) is 0 Å². The van der Waals surface area contributed by atoms with E-state index in [2.05, 4.69) is 10.1 Å². The van der Waals surface area contributed by atoms with Crippen molar-refractivity contribution in [2.75, 3.05) is 0 Å². The molecule has 2 rings (SSSR count). The van der Waals surface area contributed by atoms with E-state index < -0.39 is 0 Å². The molecule has 0 radical (unpaired) electrons. The van der Waals surface area contributed by atoms with Gasteiger partial charge in [-0.05, 0) is 6.92 Å². The standard InChI is InChI=1S/C7H8N4O/c1-5-3-10(2)7(12)11-6(5)8-4-9-11/h3-4H,1-2H3. The summed E-state index contributed by atoms with van der Waals surface area (Å²) < 4.78 is 2.77. The summed E-state index contributed by atoms with van der Waals surface area (Å²) in [5, 5.41) is 3.81. The summed E-state index contributed by atoms with van der Waals surface area (Å²) in [4.78, 5) is 15.3. The Bertz CT molecular complexity index is 482. The molecular formula is C7H8N4O. The quantitative estimate of drug-likeness (QED) is 0.539. The number of rotatable bonds is 0. The summed E-state index contributed by atoms with van der Waals surface area (Å²) in [6.45, 7) is 1.89. The van der Waals surface area contributed by atoms with Crippen LogP contribution in [-0.4, -0.2) is 19.2 Å². The molecule has 0 saturated carbocycles. The Morgan fingerprint density at radius 3 is 3.00 bits per heavy atom. The van der Waals surface area contributed by atoms with Crippen LogP contribution in [0.4, 0.5) is 0 Å². The second kappa shape index (κ2) is 2.17. The zero-order valence-electron chi connectivity index (χ0n) is 6.85. The fraction of sp³-hybridized carbons (Fsp3) is 0.286. The van der Waals surface area contributed by atoms with Crippen LogP contribution < -0.4 is 5.69 Å². The lowest BCUT2D eigenvalue weighted by Crippen LogP contribution is -2.25. The first-order valence-corrected chi connectivity index (χ1v) is 3.56. The molecule has 0 unspecified atom stereocenters. The van der Waals surface area contributed by atoms with E-state index in [1.54, 1.807) is 13.2 Å². The molecule has 0 fully saturated rings. The highest BCUT2D eigenvalue weighted by molar-refractivity contribution is 5.43. The van der Waals surface area contributed by atoms with Gasteiger partial charge in [-0.2, -0.15) is 9.61 Å². The van der Waals surface area contributed by atoms with Crippen molar-refractivity contribution in [2.45, 2.75) is 6.92 Å². The number of hydrogen-bond acceptors (Lipinski definition) is 3. The van der Waals surface area contributed by atoms with Gasteiger partial charge in [-0.25, -0.2) is 9.78 Å². The smallest absolute Gasteiger partial charge is 0.302 e. The molecule has 0 aliphatic heterocycles. The molecule has 0 aliphatic carbocycles. The first-order valence-electron chi connectivity index (χ1n) is 3.56. The molecular weight excluding hydrogens is 156 g/mol. The highest BCUT2D eigenvalue weighted by atomic mass is 16.1. The molecule has 0 aromatic carbocycles. The third-order valence-electron chi connectivity index (χ3n) is 1.77. The molecule has 0 bridgehead atoms. The van der Waals surface area contributed by atoms with E-state index in [0.717, 1.165) is 5.56 Å². The third-order valence-corrected chi connectivity index (χ3v) is 1.77. The van der Waals surface area contributed by atoms with Crippen molar-refractivity contribution < 1.29 is 0 Å². The summed E-state index contributed by atoms with van der Waals surface area (Å²) in [7, 11) is 1.69. The number of nitrogens with zero attached hydrogens (tertiary/aromatic N) is 4. The van der Waals surface area contributed by atoms with Crippen molar-refractivity contribution in [3.8, 4) is 0 Å². The Morgan fingerprint density at radius 2 is 2.25 bits per heavy atom. The maximum absolute atomic E-state index is 11.4. The largest absolute Gasteiger partial charge is 0.350 e. The lowest BCUT2D eigenvalue weighted by molar-refractivity contribution is 0.737. The van der Waals surface area contributed by atoms with E-state index >= 15 is 0 Å². The normalized spacial score (nSPS) is 10.8. The molecule has 5 heteroatoms. The van der Waals surface area contributed by atoms with Gasteiger partial charge >= 0.3 is 5.69 Å². The zero-order valence-corrected chi connectivity index (χ0v) is 6.85. The molecule has 2 aromatic rings. The van der Waals surface area contributed by atoms with Crippen LogP contribution in [0, 0.1) is 6.92 Å². The molecule has 2 aromatic heterocycles. The van der Waals surface area contributed by atoms with Gasteiger partial charge in [0.05, 0.1) is 0 Å². The Balaban J connectivity index is 3.07. The van der Waals surface area contributed by atoms with E-state index in [9.17, 15) is 4.79 Å². The Morgan fingerprint density at radius 1 is 1.50 bits per heavy atom. The monoisotopic (exact) mass is 164 g/mol. The lowest BCUT2D eigenvalue weighted by atomic mass is 10.4. The SMILES string of the molecule is Cc1cn(C)c(=O)n2ncnc12. The van der Waals surface area contributed by atoms with Crippen molar-refractivity contribution in [1.82, 2.24) is 19.2 Å². The maximum atomic E-state index is 11.4. The zero-order chi connectivity index (χ0) is 8.72. The highest BCUT2D eigenvalue weighted by Crippen LogP contribution is 2.00. The van der Waals surface area contributed by atoms with Crippen LogP contribution in [0.15, 0.2) is 17.3 Å². The maximum Gasteiger partial charge on any atom is 0.350 e. The fourth-order valence-electron chi connectivity index (χ4n) is 1.20. The average molecular weight is 164 g/mol. The number of aromatic nitrogens is 4. The Labute approximate surface area is 68.3 Å². The minimum atomic E-state index is -0.173. The first-order chi connectivity index (χ1) is 5.70. The van der Waals surface area contributed by atoms with E-state index in [-0.39, 0.29) is 5.69 Å². The third kappa shape index (κ3) is 0.761. The highest BCUT2D eigenvalue weighted by Gasteiger charge is 2.03. The van der Waals surface area contributed by atoms with Gasteiger partial charge in [-0.3, -0.25) is 0 Å². The van der Waals surface area contributed by atoms with Crippen LogP contribution >= 0.6 is 0 Å². The van der Waals surface area contributed by atoms with E-state index in [4.69, 9.17) is 0 Å². The van der Waals surface area contributed by atoms with E-state index in [0.29, 0.717) is 5.65 Å². The van der Waals surface area contributed by atoms with Gasteiger partial charge in [0.1, 0.15) is 6.33 Å². The molecule has 0 atom stereocenters. The second-order valence-corrected chi connectivity index (χ2v) is 2.70. The molecule has 2 heterocycles. The summed E-state index contributed by atoms with van der Waals surface area (Å²) >= 11 is 0. The fourth-order valence-corrected chi connectivity index (χ4v) is 1.20. The van der Waals surface area contributed by atoms with Crippen LogP contribution in [0.25, 0.3) is 5.65 Å². The topological polar surface area (TPSA) is 52.2 Å². The van der Waals surface area contributed by atoms with Crippen LogP contribution in [0.5, 0.6) is 0 Å². The van der Waals surface area contributed by atoms with Crippen molar-refractivity contribution in [2.24, 2.45) is 7.05 Å². The van der Waals surface area contributed by atoms with Crippen LogP contribution in [0.2, 0.25) is 0 Å². The summed E-state index contributed by atoms with van der Waals surface area (Å²) in [5.41, 5.74) is 1.39. The van der Waals surface area contributed by atoms with Gasteiger partial charge < -0.3 is 4.57 Å². The molecule has 5 nitrogen and oxygen atoms in total. The molecule has 12 heavy (non-hydrogen) atoms. The summed E-state index contributed by atoms with van der Waals surface area (Å²) in [6.07, 6.45) is 3.12. The average Bonchev–Trinajstić information content (AvgIpc) is 2.48. The molecule has 0 amide bonds. The van der Waals surface area contributed by atoms with Crippen LogP contribution in [0.1, 0.15) is 5.56 Å². The van der Waals surface area contributed by atoms with Crippen molar-refractivity contribution in [3.63, 3.8) is 0 Å². The predicted molar refractivity (Wildman–Crippen MR) is 43.0 cm³/mol. The van der Waals surface area contributed by atoms with Crippen molar-refractivity contribution in [1.29, 1.82) is 0 Å². The van der Waals surface area contributed by atoms with Crippen LogP contribution in [0.3, 0.4) is 0 Å². The second-order valence-electron chi connectivity index (χ2n) is 2.70. The Hall–Kier alpha value is -1.65. The van der Waals surface area contributed by atoms with Gasteiger partial charge in [-0.1, -0.05) is 0 Å². The molecule has 0 spiro atoms. The Kier molecular flexibility index (Phi) is 1.27. The van der Waals surface area contributed by atoms with Crippen molar-refractivity contribution >= 4 is 5.65 Å². The van der Waals surface area contributed by atoms with Crippen molar-refractivity contribution in [3.05, 3.63) is 28.6 Å².